The van der Waals surface area contributed by atoms with Crippen molar-refractivity contribution in [1.29, 1.82) is 0 Å². The van der Waals surface area contributed by atoms with Crippen LogP contribution in [0, 0.1) is 0 Å². The van der Waals surface area contributed by atoms with Gasteiger partial charge in [0.15, 0.2) is 10.9 Å². The monoisotopic (exact) mass is 376 g/mol. The summed E-state index contributed by atoms with van der Waals surface area (Å²) in [6.45, 7) is 1.85. The number of carbonyl (C=O) groups is 1. The van der Waals surface area contributed by atoms with Crippen molar-refractivity contribution in [3.63, 3.8) is 0 Å². The third-order valence-electron chi connectivity index (χ3n) is 3.36. The quantitative estimate of drug-likeness (QED) is 0.525. The first kappa shape index (κ1) is 17.4. The van der Waals surface area contributed by atoms with Gasteiger partial charge in [-0.1, -0.05) is 36.1 Å². The molecule has 0 fully saturated rings. The van der Waals surface area contributed by atoms with Crippen molar-refractivity contribution < 1.29 is 9.53 Å². The second-order valence-corrected chi connectivity index (χ2v) is 7.58. The summed E-state index contributed by atoms with van der Waals surface area (Å²) in [5, 5.41) is 12.2. The number of thioether (sulfide) groups is 1. The molecule has 0 radical (unpaired) electrons. The molecule has 7 nitrogen and oxygen atoms in total. The zero-order valence-corrected chi connectivity index (χ0v) is 15.3. The fourth-order valence-electron chi connectivity index (χ4n) is 2.21. The summed E-state index contributed by atoms with van der Waals surface area (Å²) in [4.78, 5) is 24.2. The lowest BCUT2D eigenvalue weighted by molar-refractivity contribution is -0.118. The molecule has 3 aromatic rings. The predicted molar refractivity (Wildman–Crippen MR) is 99.6 cm³/mol. The molecule has 1 aromatic carbocycles. The second-order valence-electron chi connectivity index (χ2n) is 5.09. The molecule has 0 bridgehead atoms. The van der Waals surface area contributed by atoms with E-state index in [-0.39, 0.29) is 18.1 Å². The molecule has 0 saturated carbocycles. The zero-order valence-electron chi connectivity index (χ0n) is 13.7. The zero-order chi connectivity index (χ0) is 17.8. The number of benzene rings is 1. The number of hydrogen-bond donors (Lipinski definition) is 1. The van der Waals surface area contributed by atoms with Crippen molar-refractivity contribution in [1.82, 2.24) is 14.8 Å². The third-order valence-corrected chi connectivity index (χ3v) is 5.22. The fourth-order valence-corrected chi connectivity index (χ4v) is 3.88. The van der Waals surface area contributed by atoms with Crippen LogP contribution in [0.2, 0.25) is 0 Å². The number of amides is 1. The predicted octanol–water partition coefficient (Wildman–Crippen LogP) is 2.52. The van der Waals surface area contributed by atoms with Gasteiger partial charge in [-0.25, -0.2) is 0 Å². The normalized spacial score (nSPS) is 10.8. The van der Waals surface area contributed by atoms with Crippen LogP contribution in [0.4, 0.5) is 5.13 Å². The average Bonchev–Trinajstić information content (AvgIpc) is 3.03. The Morgan fingerprint density at radius 1 is 1.32 bits per heavy atom. The summed E-state index contributed by atoms with van der Waals surface area (Å²) in [5.41, 5.74) is -0.109. The highest BCUT2D eigenvalue weighted by Crippen LogP contribution is 2.25. The second kappa shape index (κ2) is 7.66. The number of nitrogens with zero attached hydrogens (tertiary/aromatic N) is 3. The van der Waals surface area contributed by atoms with Crippen LogP contribution in [0.15, 0.2) is 39.6 Å². The Labute approximate surface area is 152 Å². The number of fused-ring (bicyclic) bond motifs is 1. The molecule has 0 unspecified atom stereocenters. The first-order valence-corrected chi connectivity index (χ1v) is 9.36. The fraction of sp³-hybridized carbons (Fsp3) is 0.250. The Balaban J connectivity index is 1.69. The lowest BCUT2D eigenvalue weighted by atomic mass is 10.1. The SMILES string of the molecule is CCSc1nnc(NC(=O)COc2cccc3c(=O)n(C)ccc23)s1. The van der Waals surface area contributed by atoms with E-state index in [4.69, 9.17) is 4.74 Å². The van der Waals surface area contributed by atoms with E-state index in [0.29, 0.717) is 21.7 Å². The molecule has 0 aliphatic carbocycles. The molecule has 2 heterocycles. The van der Waals surface area contributed by atoms with Crippen molar-refractivity contribution in [2.24, 2.45) is 7.05 Å². The Hall–Kier alpha value is -2.39. The highest BCUT2D eigenvalue weighted by molar-refractivity contribution is 8.01. The van der Waals surface area contributed by atoms with Crippen LogP contribution in [-0.2, 0) is 11.8 Å². The van der Waals surface area contributed by atoms with E-state index < -0.39 is 0 Å². The van der Waals surface area contributed by atoms with E-state index in [2.05, 4.69) is 15.5 Å². The van der Waals surface area contributed by atoms with Gasteiger partial charge in [-0.2, -0.15) is 0 Å². The molecule has 130 valence electrons. The molecule has 9 heteroatoms. The summed E-state index contributed by atoms with van der Waals surface area (Å²) >= 11 is 2.89. The number of aromatic nitrogens is 3. The van der Waals surface area contributed by atoms with Crippen LogP contribution in [0.3, 0.4) is 0 Å². The Morgan fingerprint density at radius 3 is 2.96 bits per heavy atom. The van der Waals surface area contributed by atoms with Crippen LogP contribution >= 0.6 is 23.1 Å². The molecule has 0 aliphatic rings. The van der Waals surface area contributed by atoms with E-state index in [1.165, 1.54) is 15.9 Å². The minimum atomic E-state index is -0.329. The van der Waals surface area contributed by atoms with Gasteiger partial charge < -0.3 is 9.30 Å². The third kappa shape index (κ3) is 3.99. The summed E-state index contributed by atoms with van der Waals surface area (Å²) in [6.07, 6.45) is 1.67. The Bertz CT molecular complexity index is 967. The van der Waals surface area contributed by atoms with Crippen molar-refractivity contribution >= 4 is 44.9 Å². The maximum absolute atomic E-state index is 12.1. The van der Waals surface area contributed by atoms with E-state index in [1.807, 2.05) is 6.92 Å². The first-order chi connectivity index (χ1) is 12.1. The van der Waals surface area contributed by atoms with Crippen molar-refractivity contribution in [2.45, 2.75) is 11.3 Å². The summed E-state index contributed by atoms with van der Waals surface area (Å²) in [6, 6.07) is 6.99. The molecular weight excluding hydrogens is 360 g/mol. The van der Waals surface area contributed by atoms with Gasteiger partial charge in [-0.15, -0.1) is 10.2 Å². The molecular formula is C16H16N4O3S2. The summed E-state index contributed by atoms with van der Waals surface area (Å²) < 4.78 is 7.90. The van der Waals surface area contributed by atoms with Crippen LogP contribution in [0.1, 0.15) is 6.92 Å². The average molecular weight is 376 g/mol. The number of aryl methyl sites for hydroxylation is 1. The van der Waals surface area contributed by atoms with E-state index in [0.717, 1.165) is 10.1 Å². The van der Waals surface area contributed by atoms with Crippen LogP contribution < -0.4 is 15.6 Å². The minimum Gasteiger partial charge on any atom is -0.483 e. The number of pyridine rings is 1. The number of ether oxygens (including phenoxy) is 1. The van der Waals surface area contributed by atoms with Crippen molar-refractivity contribution in [2.75, 3.05) is 17.7 Å². The Kier molecular flexibility index (Phi) is 5.34. The number of carbonyl (C=O) groups excluding carboxylic acids is 1. The van der Waals surface area contributed by atoms with Gasteiger partial charge in [0.05, 0.1) is 5.39 Å². The molecule has 3 rings (SSSR count). The Morgan fingerprint density at radius 2 is 2.16 bits per heavy atom. The summed E-state index contributed by atoms with van der Waals surface area (Å²) in [5.74, 6) is 1.06. The molecule has 1 amide bonds. The topological polar surface area (TPSA) is 86.1 Å². The number of anilines is 1. The summed E-state index contributed by atoms with van der Waals surface area (Å²) in [7, 11) is 1.69. The maximum atomic E-state index is 12.1. The van der Waals surface area contributed by atoms with Gasteiger partial charge in [0.25, 0.3) is 11.5 Å². The maximum Gasteiger partial charge on any atom is 0.264 e. The van der Waals surface area contributed by atoms with Crippen LogP contribution in [0.25, 0.3) is 10.8 Å². The highest BCUT2D eigenvalue weighted by atomic mass is 32.2. The van der Waals surface area contributed by atoms with Crippen molar-refractivity contribution in [3.05, 3.63) is 40.8 Å². The molecule has 0 aliphatic heterocycles. The van der Waals surface area contributed by atoms with Crippen molar-refractivity contribution in [3.8, 4) is 5.75 Å². The van der Waals surface area contributed by atoms with E-state index in [9.17, 15) is 9.59 Å². The largest absolute Gasteiger partial charge is 0.483 e. The van der Waals surface area contributed by atoms with Gasteiger partial charge in [-0.3, -0.25) is 14.9 Å². The van der Waals surface area contributed by atoms with Crippen LogP contribution in [0.5, 0.6) is 5.75 Å². The number of hydrogen-bond acceptors (Lipinski definition) is 7. The number of rotatable bonds is 6. The molecule has 0 saturated heterocycles. The first-order valence-electron chi connectivity index (χ1n) is 7.56. The molecule has 25 heavy (non-hydrogen) atoms. The van der Waals surface area contributed by atoms with Gasteiger partial charge in [0, 0.05) is 18.6 Å². The van der Waals surface area contributed by atoms with E-state index >= 15 is 0 Å². The lowest BCUT2D eigenvalue weighted by Gasteiger charge is -2.09. The number of nitrogens with one attached hydrogen (secondary N) is 1. The van der Waals surface area contributed by atoms with Gasteiger partial charge in [0.2, 0.25) is 5.13 Å². The van der Waals surface area contributed by atoms with E-state index in [1.54, 1.807) is 49.3 Å². The molecule has 1 N–H and O–H groups in total. The minimum absolute atomic E-state index is 0.109. The smallest absolute Gasteiger partial charge is 0.264 e. The molecule has 0 spiro atoms. The standard InChI is InChI=1S/C16H16N4O3S2/c1-3-24-16-19-18-15(25-16)17-13(21)9-23-12-6-4-5-11-10(12)7-8-20(2)14(11)22/h4-8H,3,9H2,1-2H3,(H,17,18,21). The van der Waals surface area contributed by atoms with Crippen LogP contribution in [-0.4, -0.2) is 33.0 Å². The van der Waals surface area contributed by atoms with Gasteiger partial charge in [0.1, 0.15) is 5.75 Å². The van der Waals surface area contributed by atoms with Gasteiger partial charge in [-0.05, 0) is 24.0 Å². The molecule has 0 atom stereocenters. The highest BCUT2D eigenvalue weighted by Gasteiger charge is 2.11. The lowest BCUT2D eigenvalue weighted by Crippen LogP contribution is -2.20. The molecule has 2 aromatic heterocycles. The van der Waals surface area contributed by atoms with Gasteiger partial charge >= 0.3 is 0 Å².